The average molecular weight is 150 g/mol. The van der Waals surface area contributed by atoms with Gasteiger partial charge in [0.15, 0.2) is 0 Å². The monoisotopic (exact) mass is 150 g/mol. The van der Waals surface area contributed by atoms with Crippen LogP contribution in [0.3, 0.4) is 0 Å². The van der Waals surface area contributed by atoms with Crippen LogP contribution in [0.25, 0.3) is 0 Å². The topological polar surface area (TPSA) is 38.0 Å². The minimum absolute atomic E-state index is 0.451. The highest BCUT2D eigenvalue weighted by Crippen LogP contribution is 2.06. The predicted molar refractivity (Wildman–Crippen MR) is 41.7 cm³/mol. The molecule has 1 atom stereocenters. The van der Waals surface area contributed by atoms with Gasteiger partial charge in [-0.15, -0.1) is 6.42 Å². The Labute approximate surface area is 65.7 Å². The zero-order valence-electron chi connectivity index (χ0n) is 6.36. The molecule has 0 saturated carbocycles. The molecule has 0 aliphatic rings. The molecule has 0 aromatic carbocycles. The zero-order valence-corrected chi connectivity index (χ0v) is 6.36. The molecule has 0 amide bonds. The summed E-state index contributed by atoms with van der Waals surface area (Å²) in [6.07, 6.45) is 6.31. The summed E-state index contributed by atoms with van der Waals surface area (Å²) >= 11 is 0. The molecule has 11 heavy (non-hydrogen) atoms. The summed E-state index contributed by atoms with van der Waals surface area (Å²) in [6.45, 7) is 2.12. The maximum absolute atomic E-state index is 9.08. The van der Waals surface area contributed by atoms with E-state index in [1.165, 1.54) is 0 Å². The molecule has 1 unspecified atom stereocenters. The normalized spacial score (nSPS) is 12.5. The van der Waals surface area contributed by atoms with E-state index in [0.29, 0.717) is 12.2 Å². The molecule has 1 rings (SSSR count). The number of hydrogen-bond acceptors (Lipinski definition) is 2. The molecule has 58 valence electrons. The average Bonchev–Trinajstić information content (AvgIpc) is 2.37. The molecule has 1 N–H and O–H groups in total. The largest absolute Gasteiger partial charge is 0.387 e. The van der Waals surface area contributed by atoms with Gasteiger partial charge in [0.25, 0.3) is 0 Å². The van der Waals surface area contributed by atoms with Gasteiger partial charge in [0.1, 0.15) is 6.54 Å². The highest BCUT2D eigenvalue weighted by Gasteiger charge is 2.02. The number of rotatable bonds is 2. The van der Waals surface area contributed by atoms with Crippen molar-refractivity contribution in [2.45, 2.75) is 19.6 Å². The van der Waals surface area contributed by atoms with Gasteiger partial charge in [-0.3, -0.25) is 4.68 Å². The van der Waals surface area contributed by atoms with Crippen molar-refractivity contribution < 1.29 is 5.11 Å². The van der Waals surface area contributed by atoms with E-state index in [2.05, 4.69) is 11.0 Å². The van der Waals surface area contributed by atoms with Crippen LogP contribution in [-0.2, 0) is 6.54 Å². The predicted octanol–water partition coefficient (Wildman–Crippen LogP) is 0.570. The third-order valence-corrected chi connectivity index (χ3v) is 1.34. The lowest BCUT2D eigenvalue weighted by Crippen LogP contribution is -1.98. The van der Waals surface area contributed by atoms with Crippen molar-refractivity contribution in [3.05, 3.63) is 18.0 Å². The SMILES string of the molecule is C#CCn1ccc(C(C)O)n1. The number of terminal acetylenes is 1. The molecule has 1 aromatic rings. The summed E-state index contributed by atoms with van der Waals surface area (Å²) in [5.74, 6) is 2.46. The van der Waals surface area contributed by atoms with Crippen LogP contribution in [0.2, 0.25) is 0 Å². The number of hydrogen-bond donors (Lipinski definition) is 1. The Morgan fingerprint density at radius 3 is 3.09 bits per heavy atom. The summed E-state index contributed by atoms with van der Waals surface area (Å²) in [4.78, 5) is 0. The second kappa shape index (κ2) is 3.22. The number of aliphatic hydroxyl groups is 1. The lowest BCUT2D eigenvalue weighted by Gasteiger charge is -1.96. The van der Waals surface area contributed by atoms with E-state index < -0.39 is 6.10 Å². The molecule has 3 nitrogen and oxygen atoms in total. The molecule has 0 spiro atoms. The smallest absolute Gasteiger partial charge is 0.101 e. The van der Waals surface area contributed by atoms with Crippen LogP contribution in [0.1, 0.15) is 18.7 Å². The quantitative estimate of drug-likeness (QED) is 0.626. The Morgan fingerprint density at radius 1 is 1.91 bits per heavy atom. The molecular formula is C8H10N2O. The fraction of sp³-hybridized carbons (Fsp3) is 0.375. The van der Waals surface area contributed by atoms with Crippen LogP contribution in [0.15, 0.2) is 12.3 Å². The molecule has 1 aromatic heterocycles. The second-order valence-corrected chi connectivity index (χ2v) is 2.32. The van der Waals surface area contributed by atoms with Gasteiger partial charge in [0.05, 0.1) is 11.8 Å². The first-order chi connectivity index (χ1) is 5.24. The van der Waals surface area contributed by atoms with E-state index in [9.17, 15) is 0 Å². The molecule has 0 aliphatic heterocycles. The Hall–Kier alpha value is -1.27. The van der Waals surface area contributed by atoms with Crippen molar-refractivity contribution in [3.8, 4) is 12.3 Å². The van der Waals surface area contributed by atoms with Gasteiger partial charge in [0.2, 0.25) is 0 Å². The van der Waals surface area contributed by atoms with Gasteiger partial charge < -0.3 is 5.11 Å². The first kappa shape index (κ1) is 7.83. The Morgan fingerprint density at radius 2 is 2.64 bits per heavy atom. The summed E-state index contributed by atoms with van der Waals surface area (Å²) in [6, 6.07) is 1.75. The van der Waals surface area contributed by atoms with E-state index in [0.717, 1.165) is 0 Å². The first-order valence-electron chi connectivity index (χ1n) is 3.39. The molecule has 0 aliphatic carbocycles. The molecular weight excluding hydrogens is 140 g/mol. The van der Waals surface area contributed by atoms with Gasteiger partial charge in [-0.2, -0.15) is 5.10 Å². The lowest BCUT2D eigenvalue weighted by molar-refractivity contribution is 0.193. The third kappa shape index (κ3) is 1.82. The number of aromatic nitrogens is 2. The van der Waals surface area contributed by atoms with Crippen molar-refractivity contribution >= 4 is 0 Å². The van der Waals surface area contributed by atoms with Gasteiger partial charge >= 0.3 is 0 Å². The zero-order chi connectivity index (χ0) is 8.27. The van der Waals surface area contributed by atoms with Crippen molar-refractivity contribution in [1.82, 2.24) is 9.78 Å². The van der Waals surface area contributed by atoms with Crippen molar-refractivity contribution in [1.29, 1.82) is 0 Å². The van der Waals surface area contributed by atoms with Crippen LogP contribution in [0.4, 0.5) is 0 Å². The minimum Gasteiger partial charge on any atom is -0.387 e. The summed E-state index contributed by atoms with van der Waals surface area (Å²) in [5, 5.41) is 13.1. The van der Waals surface area contributed by atoms with Crippen LogP contribution in [0.5, 0.6) is 0 Å². The van der Waals surface area contributed by atoms with E-state index in [1.807, 2.05) is 0 Å². The Bertz CT molecular complexity index is 270. The fourth-order valence-corrected chi connectivity index (χ4v) is 0.782. The highest BCUT2D eigenvalue weighted by molar-refractivity contribution is 5.02. The maximum atomic E-state index is 9.08. The van der Waals surface area contributed by atoms with Gasteiger partial charge in [0, 0.05) is 6.20 Å². The van der Waals surface area contributed by atoms with Crippen molar-refractivity contribution in [2.24, 2.45) is 0 Å². The molecule has 1 heterocycles. The molecule has 3 heteroatoms. The van der Waals surface area contributed by atoms with Crippen molar-refractivity contribution in [3.63, 3.8) is 0 Å². The van der Waals surface area contributed by atoms with Crippen LogP contribution < -0.4 is 0 Å². The van der Waals surface area contributed by atoms with Gasteiger partial charge in [-0.05, 0) is 13.0 Å². The fourth-order valence-electron chi connectivity index (χ4n) is 0.782. The van der Waals surface area contributed by atoms with E-state index >= 15 is 0 Å². The standard InChI is InChI=1S/C8H10N2O/c1-3-5-10-6-4-8(9-10)7(2)11/h1,4,6-7,11H,5H2,2H3. The van der Waals surface area contributed by atoms with E-state index in [4.69, 9.17) is 11.5 Å². The third-order valence-electron chi connectivity index (χ3n) is 1.34. The summed E-state index contributed by atoms with van der Waals surface area (Å²) < 4.78 is 1.61. The molecule has 0 bridgehead atoms. The van der Waals surface area contributed by atoms with E-state index in [-0.39, 0.29) is 0 Å². The van der Waals surface area contributed by atoms with E-state index in [1.54, 1.807) is 23.9 Å². The van der Waals surface area contributed by atoms with Crippen LogP contribution in [-0.4, -0.2) is 14.9 Å². The van der Waals surface area contributed by atoms with Crippen LogP contribution in [0, 0.1) is 12.3 Å². The Kier molecular flexibility index (Phi) is 2.29. The highest BCUT2D eigenvalue weighted by atomic mass is 16.3. The number of nitrogens with zero attached hydrogens (tertiary/aromatic N) is 2. The van der Waals surface area contributed by atoms with Crippen molar-refractivity contribution in [2.75, 3.05) is 0 Å². The molecule has 0 radical (unpaired) electrons. The van der Waals surface area contributed by atoms with Gasteiger partial charge in [-0.1, -0.05) is 5.92 Å². The first-order valence-corrected chi connectivity index (χ1v) is 3.39. The summed E-state index contributed by atoms with van der Waals surface area (Å²) in [7, 11) is 0. The molecule has 0 saturated heterocycles. The lowest BCUT2D eigenvalue weighted by atomic mass is 10.3. The minimum atomic E-state index is -0.519. The Balaban J connectivity index is 2.75. The van der Waals surface area contributed by atoms with Gasteiger partial charge in [-0.25, -0.2) is 0 Å². The molecule has 0 fully saturated rings. The summed E-state index contributed by atoms with van der Waals surface area (Å²) in [5.41, 5.74) is 0.653. The maximum Gasteiger partial charge on any atom is 0.101 e. The second-order valence-electron chi connectivity index (χ2n) is 2.32. The number of aliphatic hydroxyl groups excluding tert-OH is 1. The van der Waals surface area contributed by atoms with Crippen LogP contribution >= 0.6 is 0 Å².